The molecule has 2 heterocycles. The Hall–Kier alpha value is -3.00. The maximum atomic E-state index is 12.7. The molecule has 1 aliphatic rings. The number of aromatic nitrogens is 1. The molecule has 1 atom stereocenters. The highest BCUT2D eigenvalue weighted by Gasteiger charge is 2.27. The lowest BCUT2D eigenvalue weighted by Crippen LogP contribution is -2.48. The number of piperazine rings is 1. The third-order valence-electron chi connectivity index (χ3n) is 4.61. The highest BCUT2D eigenvalue weighted by molar-refractivity contribution is 5.77. The number of amides is 1. The van der Waals surface area contributed by atoms with Gasteiger partial charge in [-0.25, -0.2) is 0 Å². The summed E-state index contributed by atoms with van der Waals surface area (Å²) in [6, 6.07) is 10.2. The topological polar surface area (TPSA) is 100 Å². The minimum Gasteiger partial charge on any atom is -0.385 e. The molecule has 0 saturated carbocycles. The van der Waals surface area contributed by atoms with Crippen LogP contribution in [0, 0.1) is 10.1 Å². The minimum atomic E-state index is -0.422. The average Bonchev–Trinajstić information content (AvgIpc) is 2.72. The van der Waals surface area contributed by atoms with E-state index < -0.39 is 4.92 Å². The molecule has 1 aromatic carbocycles. The summed E-state index contributed by atoms with van der Waals surface area (Å²) in [5.41, 5.74) is 1.92. The van der Waals surface area contributed by atoms with E-state index >= 15 is 0 Å². The number of benzene rings is 1. The Morgan fingerprint density at radius 1 is 1.33 bits per heavy atom. The van der Waals surface area contributed by atoms with Crippen LogP contribution in [0.1, 0.15) is 24.4 Å². The van der Waals surface area contributed by atoms with Gasteiger partial charge in [0.1, 0.15) is 0 Å². The highest BCUT2D eigenvalue weighted by Crippen LogP contribution is 2.22. The molecule has 27 heavy (non-hydrogen) atoms. The van der Waals surface area contributed by atoms with Crippen LogP contribution in [0.4, 0.5) is 11.4 Å². The number of nitro groups is 1. The first kappa shape index (κ1) is 18.8. The quantitative estimate of drug-likeness (QED) is 0.441. The van der Waals surface area contributed by atoms with E-state index in [1.54, 1.807) is 18.3 Å². The van der Waals surface area contributed by atoms with Crippen LogP contribution in [0.25, 0.3) is 0 Å². The van der Waals surface area contributed by atoms with Crippen molar-refractivity contribution in [2.24, 2.45) is 0 Å². The van der Waals surface area contributed by atoms with Gasteiger partial charge in [0.05, 0.1) is 11.0 Å². The van der Waals surface area contributed by atoms with E-state index in [9.17, 15) is 14.9 Å². The van der Waals surface area contributed by atoms with Gasteiger partial charge in [0.15, 0.2) is 0 Å². The van der Waals surface area contributed by atoms with Crippen LogP contribution in [0.2, 0.25) is 0 Å². The van der Waals surface area contributed by atoms with Crippen molar-refractivity contribution in [3.63, 3.8) is 0 Å². The van der Waals surface area contributed by atoms with Crippen molar-refractivity contribution in [2.45, 2.75) is 18.9 Å². The fourth-order valence-electron chi connectivity index (χ4n) is 3.19. The van der Waals surface area contributed by atoms with E-state index in [2.05, 4.69) is 15.6 Å². The van der Waals surface area contributed by atoms with Crippen molar-refractivity contribution in [1.82, 2.24) is 15.2 Å². The molecule has 0 bridgehead atoms. The molecular weight excluding hydrogens is 346 g/mol. The van der Waals surface area contributed by atoms with E-state index in [4.69, 9.17) is 0 Å². The van der Waals surface area contributed by atoms with Crippen LogP contribution in [0.5, 0.6) is 0 Å². The lowest BCUT2D eigenvalue weighted by Gasteiger charge is -2.36. The molecule has 2 N–H and O–H groups in total. The predicted molar refractivity (Wildman–Crippen MR) is 102 cm³/mol. The summed E-state index contributed by atoms with van der Waals surface area (Å²) in [7, 11) is 0. The Morgan fingerprint density at radius 2 is 2.15 bits per heavy atom. The number of hydrogen-bond acceptors (Lipinski definition) is 6. The highest BCUT2D eigenvalue weighted by atomic mass is 16.6. The van der Waals surface area contributed by atoms with Gasteiger partial charge in [-0.05, 0) is 30.2 Å². The van der Waals surface area contributed by atoms with Crippen LogP contribution in [0.15, 0.2) is 48.8 Å². The van der Waals surface area contributed by atoms with Crippen LogP contribution in [-0.4, -0.2) is 46.9 Å². The van der Waals surface area contributed by atoms with Gasteiger partial charge in [-0.15, -0.1) is 0 Å². The summed E-state index contributed by atoms with van der Waals surface area (Å²) in [6.07, 6.45) is 4.69. The Labute approximate surface area is 157 Å². The summed E-state index contributed by atoms with van der Waals surface area (Å²) in [5, 5.41) is 17.2. The summed E-state index contributed by atoms with van der Waals surface area (Å²) >= 11 is 0. The Bertz CT molecular complexity index is 767. The van der Waals surface area contributed by atoms with Gasteiger partial charge in [0, 0.05) is 62.8 Å². The van der Waals surface area contributed by atoms with Crippen molar-refractivity contribution in [3.8, 4) is 0 Å². The maximum absolute atomic E-state index is 12.7. The second kappa shape index (κ2) is 9.09. The van der Waals surface area contributed by atoms with E-state index in [0.717, 1.165) is 24.3 Å². The van der Waals surface area contributed by atoms with Gasteiger partial charge in [0.2, 0.25) is 5.91 Å². The standard InChI is InChI=1S/C19H23N5O3/c25-19(4-2-10-22-16-5-7-17(8-6-16)24(26)27)23-12-11-21-14-18(23)15-3-1-9-20-13-15/h1,3,5-9,13,18,21-22H,2,4,10-12,14H2. The van der Waals surface area contributed by atoms with Crippen molar-refractivity contribution in [2.75, 3.05) is 31.5 Å². The molecule has 1 aliphatic heterocycles. The number of hydrogen-bond donors (Lipinski definition) is 2. The van der Waals surface area contributed by atoms with Crippen LogP contribution < -0.4 is 10.6 Å². The molecule has 8 heteroatoms. The molecule has 0 aliphatic carbocycles. The first-order valence-electron chi connectivity index (χ1n) is 9.03. The molecule has 0 radical (unpaired) electrons. The number of nitro benzene ring substituents is 1. The Morgan fingerprint density at radius 3 is 2.85 bits per heavy atom. The molecule has 1 fully saturated rings. The molecule has 2 aromatic rings. The van der Waals surface area contributed by atoms with Gasteiger partial charge in [-0.1, -0.05) is 6.07 Å². The zero-order valence-corrected chi connectivity index (χ0v) is 15.0. The summed E-state index contributed by atoms with van der Waals surface area (Å²) < 4.78 is 0. The van der Waals surface area contributed by atoms with Crippen LogP contribution in [0.3, 0.4) is 0 Å². The summed E-state index contributed by atoms with van der Waals surface area (Å²) in [4.78, 5) is 29.0. The zero-order chi connectivity index (χ0) is 19.1. The number of nitrogens with zero attached hydrogens (tertiary/aromatic N) is 3. The second-order valence-electron chi connectivity index (χ2n) is 6.43. The monoisotopic (exact) mass is 369 g/mol. The lowest BCUT2D eigenvalue weighted by molar-refractivity contribution is -0.384. The first-order chi connectivity index (χ1) is 13.1. The van der Waals surface area contributed by atoms with Crippen LogP contribution in [-0.2, 0) is 4.79 Å². The van der Waals surface area contributed by atoms with E-state index in [-0.39, 0.29) is 17.6 Å². The normalized spacial score (nSPS) is 16.7. The van der Waals surface area contributed by atoms with E-state index in [0.29, 0.717) is 25.9 Å². The number of rotatable bonds is 7. The summed E-state index contributed by atoms with van der Waals surface area (Å²) in [6.45, 7) is 2.85. The van der Waals surface area contributed by atoms with Gasteiger partial charge >= 0.3 is 0 Å². The van der Waals surface area contributed by atoms with Crippen molar-refractivity contribution < 1.29 is 9.72 Å². The smallest absolute Gasteiger partial charge is 0.269 e. The van der Waals surface area contributed by atoms with Gasteiger partial charge in [-0.3, -0.25) is 19.9 Å². The number of non-ortho nitro benzene ring substituents is 1. The maximum Gasteiger partial charge on any atom is 0.269 e. The fourth-order valence-corrected chi connectivity index (χ4v) is 3.19. The predicted octanol–water partition coefficient (Wildman–Crippen LogP) is 2.36. The lowest BCUT2D eigenvalue weighted by atomic mass is 10.0. The van der Waals surface area contributed by atoms with Crippen molar-refractivity contribution in [1.29, 1.82) is 0 Å². The van der Waals surface area contributed by atoms with Gasteiger partial charge in [0.25, 0.3) is 5.69 Å². The molecule has 1 saturated heterocycles. The fraction of sp³-hybridized carbons (Fsp3) is 0.368. The number of pyridine rings is 1. The molecular formula is C19H23N5O3. The summed E-state index contributed by atoms with van der Waals surface area (Å²) in [5.74, 6) is 0.135. The zero-order valence-electron chi connectivity index (χ0n) is 15.0. The molecule has 8 nitrogen and oxygen atoms in total. The number of nitrogens with one attached hydrogen (secondary N) is 2. The number of carbonyl (C=O) groups is 1. The molecule has 3 rings (SSSR count). The molecule has 142 valence electrons. The Balaban J connectivity index is 1.48. The molecule has 0 spiro atoms. The molecule has 1 amide bonds. The SMILES string of the molecule is O=C(CCCNc1ccc([N+](=O)[O-])cc1)N1CCNCC1c1cccnc1. The van der Waals surface area contributed by atoms with E-state index in [1.807, 2.05) is 23.2 Å². The largest absolute Gasteiger partial charge is 0.385 e. The number of carbonyl (C=O) groups excluding carboxylic acids is 1. The van der Waals surface area contributed by atoms with E-state index in [1.165, 1.54) is 12.1 Å². The average molecular weight is 369 g/mol. The van der Waals surface area contributed by atoms with Crippen molar-refractivity contribution >= 4 is 17.3 Å². The van der Waals surface area contributed by atoms with Gasteiger partial charge < -0.3 is 15.5 Å². The van der Waals surface area contributed by atoms with Crippen molar-refractivity contribution in [3.05, 3.63) is 64.5 Å². The third-order valence-corrected chi connectivity index (χ3v) is 4.61. The second-order valence-corrected chi connectivity index (χ2v) is 6.43. The van der Waals surface area contributed by atoms with Crippen LogP contribution >= 0.6 is 0 Å². The molecule has 1 unspecified atom stereocenters. The van der Waals surface area contributed by atoms with Gasteiger partial charge in [-0.2, -0.15) is 0 Å². The Kier molecular flexibility index (Phi) is 6.32. The first-order valence-corrected chi connectivity index (χ1v) is 9.03. The number of anilines is 1. The minimum absolute atomic E-state index is 0.0163. The molecule has 1 aromatic heterocycles. The third kappa shape index (κ3) is 5.01.